The summed E-state index contributed by atoms with van der Waals surface area (Å²) in [5, 5.41) is 3.65. The van der Waals surface area contributed by atoms with Crippen LogP contribution in [-0.4, -0.2) is 50.8 Å². The van der Waals surface area contributed by atoms with Crippen LogP contribution < -0.4 is 5.32 Å². The highest BCUT2D eigenvalue weighted by Crippen LogP contribution is 2.40. The van der Waals surface area contributed by atoms with E-state index in [1.54, 1.807) is 7.11 Å². The third-order valence-electron chi connectivity index (χ3n) is 4.95. The molecule has 0 aliphatic heterocycles. The highest BCUT2D eigenvalue weighted by Gasteiger charge is 2.36. The van der Waals surface area contributed by atoms with E-state index in [1.165, 1.54) is 45.2 Å². The normalized spacial score (nSPS) is 26.7. The molecule has 1 saturated carbocycles. The number of methoxy groups -OCH3 is 1. The lowest BCUT2D eigenvalue weighted by atomic mass is 9.69. The number of hydrogen-bond acceptors (Lipinski definition) is 3. The summed E-state index contributed by atoms with van der Waals surface area (Å²) in [4.78, 5) is 2.69. The van der Waals surface area contributed by atoms with Gasteiger partial charge in [-0.15, -0.1) is 0 Å². The van der Waals surface area contributed by atoms with E-state index in [4.69, 9.17) is 4.74 Å². The minimum Gasteiger partial charge on any atom is -0.383 e. The molecule has 2 unspecified atom stereocenters. The summed E-state index contributed by atoms with van der Waals surface area (Å²) in [5.74, 6) is 0.874. The van der Waals surface area contributed by atoms with Crippen molar-refractivity contribution in [1.82, 2.24) is 10.2 Å². The summed E-state index contributed by atoms with van der Waals surface area (Å²) in [5.41, 5.74) is 0.463. The smallest absolute Gasteiger partial charge is 0.0587 e. The van der Waals surface area contributed by atoms with Crippen LogP contribution in [-0.2, 0) is 4.74 Å². The Balaban J connectivity index is 2.65. The maximum atomic E-state index is 5.17. The molecular formula is C18H38N2O. The largest absolute Gasteiger partial charge is 0.383 e. The molecule has 3 nitrogen and oxygen atoms in total. The van der Waals surface area contributed by atoms with Crippen LogP contribution in [0.1, 0.15) is 59.8 Å². The Hall–Kier alpha value is -0.120. The molecule has 0 amide bonds. The Bertz CT molecular complexity index is 270. The number of ether oxygens (including phenoxy) is 1. The molecule has 0 spiro atoms. The zero-order chi connectivity index (χ0) is 15.7. The number of rotatable bonds is 10. The van der Waals surface area contributed by atoms with Crippen molar-refractivity contribution >= 4 is 0 Å². The van der Waals surface area contributed by atoms with Gasteiger partial charge in [0.2, 0.25) is 0 Å². The summed E-state index contributed by atoms with van der Waals surface area (Å²) in [6.45, 7) is 14.8. The van der Waals surface area contributed by atoms with Gasteiger partial charge in [0.25, 0.3) is 0 Å². The highest BCUT2D eigenvalue weighted by molar-refractivity contribution is 4.90. The van der Waals surface area contributed by atoms with E-state index in [2.05, 4.69) is 37.9 Å². The second-order valence-corrected chi connectivity index (χ2v) is 7.44. The fourth-order valence-corrected chi connectivity index (χ4v) is 3.89. The van der Waals surface area contributed by atoms with E-state index in [-0.39, 0.29) is 0 Å². The van der Waals surface area contributed by atoms with Crippen molar-refractivity contribution in [3.05, 3.63) is 0 Å². The van der Waals surface area contributed by atoms with E-state index >= 15 is 0 Å². The third-order valence-corrected chi connectivity index (χ3v) is 4.95. The van der Waals surface area contributed by atoms with E-state index in [0.29, 0.717) is 11.5 Å². The van der Waals surface area contributed by atoms with Crippen LogP contribution in [0.3, 0.4) is 0 Å². The summed E-state index contributed by atoms with van der Waals surface area (Å²) in [6.07, 6.45) is 6.81. The Labute approximate surface area is 132 Å². The van der Waals surface area contributed by atoms with Gasteiger partial charge < -0.3 is 15.0 Å². The SMILES string of the molecule is CCCN(CC1(CNCCOC)CCCC(C)C1)C(C)C. The minimum atomic E-state index is 0.463. The molecule has 0 bridgehead atoms. The van der Waals surface area contributed by atoms with Gasteiger partial charge in [0.15, 0.2) is 0 Å². The average molecular weight is 299 g/mol. The van der Waals surface area contributed by atoms with E-state index in [0.717, 1.165) is 25.6 Å². The Morgan fingerprint density at radius 1 is 1.38 bits per heavy atom. The summed E-state index contributed by atoms with van der Waals surface area (Å²) in [7, 11) is 1.78. The Morgan fingerprint density at radius 3 is 2.71 bits per heavy atom. The molecule has 1 fully saturated rings. The average Bonchev–Trinajstić information content (AvgIpc) is 2.43. The minimum absolute atomic E-state index is 0.463. The van der Waals surface area contributed by atoms with Crippen LogP contribution in [0.2, 0.25) is 0 Å². The molecule has 1 N–H and O–H groups in total. The first kappa shape index (κ1) is 18.9. The van der Waals surface area contributed by atoms with E-state index < -0.39 is 0 Å². The molecule has 1 rings (SSSR count). The van der Waals surface area contributed by atoms with Crippen molar-refractivity contribution in [3.63, 3.8) is 0 Å². The standard InChI is InChI=1S/C18H38N2O/c1-6-11-20(16(2)3)15-18(14-19-10-12-21-5)9-7-8-17(4)13-18/h16-17,19H,6-15H2,1-5H3. The van der Waals surface area contributed by atoms with Crippen molar-refractivity contribution < 1.29 is 4.74 Å². The van der Waals surface area contributed by atoms with Gasteiger partial charge in [0, 0.05) is 32.8 Å². The fraction of sp³-hybridized carbons (Fsp3) is 1.00. The van der Waals surface area contributed by atoms with Crippen molar-refractivity contribution in [1.29, 1.82) is 0 Å². The van der Waals surface area contributed by atoms with Gasteiger partial charge in [-0.3, -0.25) is 0 Å². The van der Waals surface area contributed by atoms with Crippen LogP contribution in [0.15, 0.2) is 0 Å². The lowest BCUT2D eigenvalue weighted by Crippen LogP contribution is -2.49. The highest BCUT2D eigenvalue weighted by atomic mass is 16.5. The number of nitrogens with zero attached hydrogens (tertiary/aromatic N) is 1. The Kier molecular flexibility index (Phi) is 8.84. The van der Waals surface area contributed by atoms with Crippen LogP contribution in [0.25, 0.3) is 0 Å². The first-order chi connectivity index (χ1) is 10.0. The van der Waals surface area contributed by atoms with Crippen molar-refractivity contribution in [2.75, 3.05) is 39.9 Å². The van der Waals surface area contributed by atoms with Gasteiger partial charge in [-0.05, 0) is 51.0 Å². The third kappa shape index (κ3) is 6.66. The van der Waals surface area contributed by atoms with Gasteiger partial charge in [0.1, 0.15) is 0 Å². The van der Waals surface area contributed by atoms with Gasteiger partial charge in [-0.1, -0.05) is 26.7 Å². The molecule has 0 radical (unpaired) electrons. The summed E-state index contributed by atoms with van der Waals surface area (Å²) in [6, 6.07) is 0.651. The van der Waals surface area contributed by atoms with Crippen LogP contribution in [0, 0.1) is 11.3 Å². The van der Waals surface area contributed by atoms with Crippen molar-refractivity contribution in [2.45, 2.75) is 65.8 Å². The Morgan fingerprint density at radius 2 is 2.14 bits per heavy atom. The second-order valence-electron chi connectivity index (χ2n) is 7.44. The zero-order valence-corrected chi connectivity index (χ0v) is 15.1. The van der Waals surface area contributed by atoms with Crippen LogP contribution in [0.5, 0.6) is 0 Å². The van der Waals surface area contributed by atoms with Crippen LogP contribution in [0.4, 0.5) is 0 Å². The number of nitrogens with one attached hydrogen (secondary N) is 1. The second kappa shape index (κ2) is 9.81. The fourth-order valence-electron chi connectivity index (χ4n) is 3.89. The molecule has 0 aromatic carbocycles. The molecule has 0 heterocycles. The zero-order valence-electron chi connectivity index (χ0n) is 15.1. The van der Waals surface area contributed by atoms with Gasteiger partial charge in [-0.2, -0.15) is 0 Å². The quantitative estimate of drug-likeness (QED) is 0.624. The summed E-state index contributed by atoms with van der Waals surface area (Å²) < 4.78 is 5.17. The lowest BCUT2D eigenvalue weighted by Gasteiger charge is -2.44. The molecule has 3 heteroatoms. The summed E-state index contributed by atoms with van der Waals surface area (Å²) >= 11 is 0. The topological polar surface area (TPSA) is 24.5 Å². The first-order valence-corrected chi connectivity index (χ1v) is 8.96. The van der Waals surface area contributed by atoms with E-state index in [1.807, 2.05) is 0 Å². The molecule has 0 aromatic heterocycles. The van der Waals surface area contributed by atoms with Gasteiger partial charge >= 0.3 is 0 Å². The predicted molar refractivity (Wildman–Crippen MR) is 91.8 cm³/mol. The molecular weight excluding hydrogens is 260 g/mol. The lowest BCUT2D eigenvalue weighted by molar-refractivity contribution is 0.0631. The molecule has 1 aliphatic carbocycles. The maximum absolute atomic E-state index is 5.17. The molecule has 0 saturated heterocycles. The molecule has 126 valence electrons. The van der Waals surface area contributed by atoms with Crippen molar-refractivity contribution in [3.8, 4) is 0 Å². The van der Waals surface area contributed by atoms with Crippen molar-refractivity contribution in [2.24, 2.45) is 11.3 Å². The molecule has 1 aliphatic rings. The van der Waals surface area contributed by atoms with Gasteiger partial charge in [-0.25, -0.2) is 0 Å². The molecule has 0 aromatic rings. The molecule has 21 heavy (non-hydrogen) atoms. The maximum Gasteiger partial charge on any atom is 0.0587 e. The first-order valence-electron chi connectivity index (χ1n) is 8.96. The monoisotopic (exact) mass is 298 g/mol. The predicted octanol–water partition coefficient (Wildman–Crippen LogP) is 3.54. The molecule has 2 atom stereocenters. The van der Waals surface area contributed by atoms with E-state index in [9.17, 15) is 0 Å². The van der Waals surface area contributed by atoms with Crippen LogP contribution >= 0.6 is 0 Å². The number of hydrogen-bond donors (Lipinski definition) is 1. The van der Waals surface area contributed by atoms with Gasteiger partial charge in [0.05, 0.1) is 6.61 Å².